The number of anilines is 2. The van der Waals surface area contributed by atoms with Crippen LogP contribution >= 0.6 is 11.6 Å². The van der Waals surface area contributed by atoms with Gasteiger partial charge < -0.3 is 15.4 Å². The minimum atomic E-state index is -0.497. The molecule has 1 aliphatic rings. The van der Waals surface area contributed by atoms with Crippen molar-refractivity contribution in [3.63, 3.8) is 0 Å². The number of hydrogen-bond donors (Lipinski definition) is 4. The second kappa shape index (κ2) is 6.78. The first-order valence-electron chi connectivity index (χ1n) is 9.04. The molecule has 0 atom stereocenters. The van der Waals surface area contributed by atoms with Crippen LogP contribution in [0.3, 0.4) is 0 Å². The third kappa shape index (κ3) is 3.47. The largest absolute Gasteiger partial charge is 0.493 e. The molecule has 3 heterocycles. The van der Waals surface area contributed by atoms with E-state index < -0.39 is 5.69 Å². The maximum absolute atomic E-state index is 11.4. The van der Waals surface area contributed by atoms with Gasteiger partial charge in [0.15, 0.2) is 11.1 Å². The number of fused-ring (bicyclic) bond motifs is 1. The summed E-state index contributed by atoms with van der Waals surface area (Å²) in [7, 11) is 0. The second-order valence-corrected chi connectivity index (χ2v) is 7.19. The summed E-state index contributed by atoms with van der Waals surface area (Å²) in [6, 6.07) is 9.49. The van der Waals surface area contributed by atoms with Crippen molar-refractivity contribution in [2.24, 2.45) is 4.99 Å². The van der Waals surface area contributed by atoms with E-state index in [0.29, 0.717) is 27.2 Å². The van der Waals surface area contributed by atoms with Gasteiger partial charge in [0.25, 0.3) is 0 Å². The Morgan fingerprint density at radius 1 is 1.31 bits per heavy atom. The molecule has 0 amide bonds. The summed E-state index contributed by atoms with van der Waals surface area (Å²) in [5, 5.41) is 18.7. The Labute approximate surface area is 168 Å². The van der Waals surface area contributed by atoms with Gasteiger partial charge in [-0.25, -0.2) is 9.78 Å². The molecule has 0 unspecified atom stereocenters. The van der Waals surface area contributed by atoms with Crippen molar-refractivity contribution in [2.75, 3.05) is 5.32 Å². The lowest BCUT2D eigenvalue weighted by atomic mass is 10.3. The Balaban J connectivity index is 1.70. The Kier molecular flexibility index (Phi) is 4.09. The zero-order valence-electron chi connectivity index (χ0n) is 15.1. The number of aromatic hydroxyl groups is 1. The first-order valence-corrected chi connectivity index (χ1v) is 9.42. The van der Waals surface area contributed by atoms with Crippen molar-refractivity contribution >= 4 is 34.8 Å². The van der Waals surface area contributed by atoms with E-state index in [2.05, 4.69) is 25.4 Å². The Morgan fingerprint density at radius 3 is 2.86 bits per heavy atom. The molecule has 0 bridgehead atoms. The van der Waals surface area contributed by atoms with E-state index in [-0.39, 0.29) is 17.6 Å². The fourth-order valence-electron chi connectivity index (χ4n) is 2.96. The number of para-hydroxylation sites is 1. The third-order valence-electron chi connectivity index (χ3n) is 4.51. The summed E-state index contributed by atoms with van der Waals surface area (Å²) in [5.74, 6) is 0.314. The Hall–Kier alpha value is -3.59. The molecule has 4 aromatic rings. The second-order valence-electron chi connectivity index (χ2n) is 6.79. The predicted octanol–water partition coefficient (Wildman–Crippen LogP) is 1.46. The molecule has 29 heavy (non-hydrogen) atoms. The lowest BCUT2D eigenvalue weighted by molar-refractivity contribution is 0.454. The van der Waals surface area contributed by atoms with Crippen LogP contribution in [0.4, 0.5) is 11.5 Å². The molecule has 0 saturated heterocycles. The molecule has 1 aliphatic carbocycles. The van der Waals surface area contributed by atoms with E-state index in [1.165, 1.54) is 0 Å². The van der Waals surface area contributed by atoms with Gasteiger partial charge in [0, 0.05) is 11.3 Å². The Bertz CT molecular complexity index is 1400. The summed E-state index contributed by atoms with van der Waals surface area (Å²) in [4.78, 5) is 25.6. The van der Waals surface area contributed by atoms with Gasteiger partial charge in [-0.05, 0) is 31.1 Å². The lowest BCUT2D eigenvalue weighted by Gasteiger charge is -2.08. The number of benzene rings is 1. The summed E-state index contributed by atoms with van der Waals surface area (Å²) >= 11 is 6.26. The van der Waals surface area contributed by atoms with Crippen LogP contribution in [0.25, 0.3) is 11.7 Å². The van der Waals surface area contributed by atoms with Gasteiger partial charge in [-0.2, -0.15) is 9.61 Å². The molecular weight excluding hydrogens is 394 g/mol. The molecular formula is C19H16ClN7O2. The van der Waals surface area contributed by atoms with Gasteiger partial charge in [-0.3, -0.25) is 9.98 Å². The fraction of sp³-hybridized carbons (Fsp3) is 0.158. The average Bonchev–Trinajstić information content (AvgIpc) is 3.33. The number of imidazole rings is 1. The van der Waals surface area contributed by atoms with E-state index in [4.69, 9.17) is 16.6 Å². The zero-order chi connectivity index (χ0) is 20.0. The number of H-pyrrole nitrogens is 2. The molecule has 1 fully saturated rings. The highest BCUT2D eigenvalue weighted by Gasteiger charge is 2.20. The van der Waals surface area contributed by atoms with Crippen molar-refractivity contribution in [1.82, 2.24) is 24.6 Å². The van der Waals surface area contributed by atoms with Gasteiger partial charge in [-0.1, -0.05) is 23.7 Å². The molecule has 146 valence electrons. The van der Waals surface area contributed by atoms with Gasteiger partial charge in [0.2, 0.25) is 5.88 Å². The quantitative estimate of drug-likeness (QED) is 0.406. The van der Waals surface area contributed by atoms with Gasteiger partial charge in [-0.15, -0.1) is 0 Å². The van der Waals surface area contributed by atoms with E-state index in [0.717, 1.165) is 18.5 Å². The van der Waals surface area contributed by atoms with E-state index in [1.54, 1.807) is 22.9 Å². The van der Waals surface area contributed by atoms with Crippen LogP contribution in [0.15, 0.2) is 46.3 Å². The van der Waals surface area contributed by atoms with Gasteiger partial charge in [0.1, 0.15) is 11.5 Å². The van der Waals surface area contributed by atoms with E-state index in [1.807, 2.05) is 24.3 Å². The van der Waals surface area contributed by atoms with Gasteiger partial charge in [0.05, 0.1) is 22.9 Å². The molecule has 0 radical (unpaired) electrons. The highest BCUT2D eigenvalue weighted by Crippen LogP contribution is 2.24. The Morgan fingerprint density at radius 2 is 2.14 bits per heavy atom. The topological polar surface area (TPSA) is 123 Å². The highest BCUT2D eigenvalue weighted by molar-refractivity contribution is 6.33. The molecule has 4 N–H and O–H groups in total. The maximum Gasteiger partial charge on any atom is 0.326 e. The van der Waals surface area contributed by atoms with Crippen molar-refractivity contribution < 1.29 is 5.11 Å². The summed E-state index contributed by atoms with van der Waals surface area (Å²) < 4.78 is 1.64. The summed E-state index contributed by atoms with van der Waals surface area (Å²) in [6.45, 7) is 0. The highest BCUT2D eigenvalue weighted by atomic mass is 35.5. The molecule has 5 rings (SSSR count). The van der Waals surface area contributed by atoms with Crippen LogP contribution in [0.1, 0.15) is 18.5 Å². The van der Waals surface area contributed by atoms with Crippen LogP contribution in [-0.2, 0) is 0 Å². The number of hydrogen-bond acceptors (Lipinski definition) is 6. The molecule has 0 aliphatic heterocycles. The number of nitrogens with zero attached hydrogens (tertiary/aromatic N) is 4. The first kappa shape index (κ1) is 17.5. The normalized spacial score (nSPS) is 15.3. The van der Waals surface area contributed by atoms with Crippen LogP contribution in [0.2, 0.25) is 5.02 Å². The zero-order valence-corrected chi connectivity index (χ0v) is 15.8. The number of aromatic nitrogens is 5. The first-order chi connectivity index (χ1) is 14.1. The van der Waals surface area contributed by atoms with Crippen molar-refractivity contribution in [3.05, 3.63) is 68.4 Å². The number of halogens is 1. The minimum Gasteiger partial charge on any atom is -0.493 e. The molecule has 9 nitrogen and oxygen atoms in total. The number of aromatic amines is 2. The summed E-state index contributed by atoms with van der Waals surface area (Å²) in [5.41, 5.74) is 1.67. The van der Waals surface area contributed by atoms with E-state index in [9.17, 15) is 9.90 Å². The fourth-order valence-corrected chi connectivity index (χ4v) is 3.14. The van der Waals surface area contributed by atoms with Gasteiger partial charge >= 0.3 is 5.69 Å². The molecule has 1 saturated carbocycles. The minimum absolute atomic E-state index is 0.247. The molecule has 3 aromatic heterocycles. The third-order valence-corrected chi connectivity index (χ3v) is 4.84. The maximum atomic E-state index is 11.4. The van der Waals surface area contributed by atoms with Crippen LogP contribution in [0, 0.1) is 0 Å². The molecule has 10 heteroatoms. The smallest absolute Gasteiger partial charge is 0.326 e. The standard InChI is InChI=1S/C19H16ClN7O2/c20-12-3-1-2-4-13(12)23-15-8-16(22-11-5-6-11)27-17(25-15)10(9-21-27)7-14-18(28)26-19(29)24-14/h1-4,7-9,11,23,28H,5-6H2,(H2,24,26,29). The van der Waals surface area contributed by atoms with Crippen LogP contribution in [0.5, 0.6) is 5.88 Å². The average molecular weight is 410 g/mol. The SMILES string of the molecule is O=c1[nH]c(O)c(C=c2cnn3c(=NC4CC4)cc(Nc4ccccc4Cl)nc23)[nH]1. The number of nitrogens with one attached hydrogen (secondary N) is 3. The molecule has 0 spiro atoms. The van der Waals surface area contributed by atoms with Crippen molar-refractivity contribution in [3.8, 4) is 5.88 Å². The number of rotatable bonds is 4. The summed E-state index contributed by atoms with van der Waals surface area (Å²) in [6.07, 6.45) is 5.31. The van der Waals surface area contributed by atoms with E-state index >= 15 is 0 Å². The van der Waals surface area contributed by atoms with Crippen LogP contribution in [-0.4, -0.2) is 35.7 Å². The van der Waals surface area contributed by atoms with Crippen molar-refractivity contribution in [2.45, 2.75) is 18.9 Å². The monoisotopic (exact) mass is 409 g/mol. The predicted molar refractivity (Wildman–Crippen MR) is 108 cm³/mol. The molecule has 1 aromatic carbocycles. The lowest BCUT2D eigenvalue weighted by Crippen LogP contribution is -2.19. The van der Waals surface area contributed by atoms with Crippen molar-refractivity contribution in [1.29, 1.82) is 0 Å². The van der Waals surface area contributed by atoms with Crippen LogP contribution < -0.4 is 21.7 Å².